The van der Waals surface area contributed by atoms with E-state index >= 15 is 0 Å². The van der Waals surface area contributed by atoms with Crippen LogP contribution in [0.15, 0.2) is 35.5 Å². The molecule has 1 aromatic heterocycles. The molecule has 0 atom stereocenters. The predicted octanol–water partition coefficient (Wildman–Crippen LogP) is 1.68. The van der Waals surface area contributed by atoms with Gasteiger partial charge < -0.3 is 4.90 Å². The number of hydrogen-bond acceptors (Lipinski definition) is 5. The van der Waals surface area contributed by atoms with Crippen LogP contribution < -0.4 is 0 Å². The van der Waals surface area contributed by atoms with Crippen LogP contribution in [-0.2, 0) is 11.3 Å². The zero-order valence-electron chi connectivity index (χ0n) is 12.3. The molecule has 6 nitrogen and oxygen atoms in total. The van der Waals surface area contributed by atoms with Crippen LogP contribution in [0.4, 0.5) is 0 Å². The third kappa shape index (κ3) is 4.29. The number of benzene rings is 1. The van der Waals surface area contributed by atoms with Crippen molar-refractivity contribution in [2.75, 3.05) is 18.8 Å². The highest BCUT2D eigenvalue weighted by Gasteiger charge is 2.13. The minimum atomic E-state index is 0.110. The van der Waals surface area contributed by atoms with Gasteiger partial charge in [-0.15, -0.1) is 5.10 Å². The van der Waals surface area contributed by atoms with E-state index in [0.29, 0.717) is 17.5 Å². The molecule has 2 aromatic rings. The van der Waals surface area contributed by atoms with Crippen LogP contribution in [-0.4, -0.2) is 49.9 Å². The highest BCUT2D eigenvalue weighted by Crippen LogP contribution is 2.15. The van der Waals surface area contributed by atoms with E-state index in [1.807, 2.05) is 44.2 Å². The molecule has 0 aliphatic heterocycles. The van der Waals surface area contributed by atoms with Gasteiger partial charge in [-0.1, -0.05) is 42.1 Å². The van der Waals surface area contributed by atoms with Gasteiger partial charge in [-0.2, -0.15) is 0 Å². The molecule has 0 bridgehead atoms. The molecule has 0 spiro atoms. The van der Waals surface area contributed by atoms with Crippen molar-refractivity contribution in [3.63, 3.8) is 0 Å². The van der Waals surface area contributed by atoms with Crippen molar-refractivity contribution in [1.29, 1.82) is 0 Å². The molecule has 21 heavy (non-hydrogen) atoms. The van der Waals surface area contributed by atoms with Gasteiger partial charge in [-0.05, 0) is 29.8 Å². The van der Waals surface area contributed by atoms with Gasteiger partial charge in [0.15, 0.2) is 0 Å². The summed E-state index contributed by atoms with van der Waals surface area (Å²) in [5, 5.41) is 12.3. The third-order valence-electron chi connectivity index (χ3n) is 3.12. The molecule has 1 aromatic carbocycles. The lowest BCUT2D eigenvalue weighted by Crippen LogP contribution is -2.31. The molecule has 2 rings (SSSR count). The fraction of sp³-hybridized carbons (Fsp3) is 0.429. The van der Waals surface area contributed by atoms with Gasteiger partial charge in [0, 0.05) is 13.1 Å². The summed E-state index contributed by atoms with van der Waals surface area (Å²) in [7, 11) is 0. The summed E-state index contributed by atoms with van der Waals surface area (Å²) in [4.78, 5) is 13.8. The fourth-order valence-corrected chi connectivity index (χ4v) is 2.73. The SMILES string of the molecule is CCN(CC)C(=O)CSc1nnnn1Cc1ccccc1. The fourth-order valence-electron chi connectivity index (χ4n) is 1.95. The van der Waals surface area contributed by atoms with Gasteiger partial charge in [-0.25, -0.2) is 4.68 Å². The number of amides is 1. The van der Waals surface area contributed by atoms with Crippen molar-refractivity contribution in [1.82, 2.24) is 25.1 Å². The summed E-state index contributed by atoms with van der Waals surface area (Å²) in [5.74, 6) is 0.468. The van der Waals surface area contributed by atoms with E-state index in [1.165, 1.54) is 11.8 Å². The van der Waals surface area contributed by atoms with E-state index in [2.05, 4.69) is 15.5 Å². The van der Waals surface area contributed by atoms with Gasteiger partial charge in [0.1, 0.15) is 0 Å². The summed E-state index contributed by atoms with van der Waals surface area (Å²) in [6.07, 6.45) is 0. The maximum Gasteiger partial charge on any atom is 0.233 e. The second-order valence-corrected chi connectivity index (χ2v) is 5.40. The Kier molecular flexibility index (Phi) is 5.74. The van der Waals surface area contributed by atoms with E-state index in [4.69, 9.17) is 0 Å². The van der Waals surface area contributed by atoms with Crippen molar-refractivity contribution in [3.8, 4) is 0 Å². The number of thioether (sulfide) groups is 1. The largest absolute Gasteiger partial charge is 0.343 e. The molecular formula is C14H19N5OS. The Morgan fingerprint density at radius 2 is 1.95 bits per heavy atom. The van der Waals surface area contributed by atoms with Crippen molar-refractivity contribution in [2.24, 2.45) is 0 Å². The highest BCUT2D eigenvalue weighted by molar-refractivity contribution is 7.99. The zero-order valence-corrected chi connectivity index (χ0v) is 13.1. The minimum absolute atomic E-state index is 0.110. The second kappa shape index (κ2) is 7.78. The smallest absolute Gasteiger partial charge is 0.233 e. The van der Waals surface area contributed by atoms with E-state index in [-0.39, 0.29) is 5.91 Å². The van der Waals surface area contributed by atoms with Gasteiger partial charge in [0.05, 0.1) is 12.3 Å². The quantitative estimate of drug-likeness (QED) is 0.728. The highest BCUT2D eigenvalue weighted by atomic mass is 32.2. The van der Waals surface area contributed by atoms with Crippen LogP contribution in [0.2, 0.25) is 0 Å². The Hall–Kier alpha value is -1.89. The molecule has 0 fully saturated rings. The maximum atomic E-state index is 12.0. The first-order valence-corrected chi connectivity index (χ1v) is 7.93. The Balaban J connectivity index is 1.96. The Morgan fingerprint density at radius 3 is 2.62 bits per heavy atom. The molecule has 1 amide bonds. The molecule has 0 aliphatic carbocycles. The summed E-state index contributed by atoms with van der Waals surface area (Å²) in [5.41, 5.74) is 1.13. The molecule has 0 saturated heterocycles. The van der Waals surface area contributed by atoms with Crippen molar-refractivity contribution >= 4 is 17.7 Å². The van der Waals surface area contributed by atoms with Crippen LogP contribution in [0.5, 0.6) is 0 Å². The normalized spacial score (nSPS) is 10.6. The number of carbonyl (C=O) groups excluding carboxylic acids is 1. The van der Waals surface area contributed by atoms with Crippen molar-refractivity contribution < 1.29 is 4.79 Å². The zero-order chi connectivity index (χ0) is 15.1. The minimum Gasteiger partial charge on any atom is -0.343 e. The maximum absolute atomic E-state index is 12.0. The lowest BCUT2D eigenvalue weighted by molar-refractivity contribution is -0.127. The number of tetrazole rings is 1. The van der Waals surface area contributed by atoms with Crippen LogP contribution in [0.1, 0.15) is 19.4 Å². The molecule has 0 aliphatic rings. The van der Waals surface area contributed by atoms with Gasteiger partial charge in [0.2, 0.25) is 11.1 Å². The number of rotatable bonds is 7. The lowest BCUT2D eigenvalue weighted by atomic mass is 10.2. The molecule has 0 radical (unpaired) electrons. The molecule has 1 heterocycles. The first-order chi connectivity index (χ1) is 10.2. The van der Waals surface area contributed by atoms with Gasteiger partial charge in [-0.3, -0.25) is 4.79 Å². The average Bonchev–Trinajstić information content (AvgIpc) is 2.94. The Labute approximate surface area is 128 Å². The van der Waals surface area contributed by atoms with Gasteiger partial charge >= 0.3 is 0 Å². The molecule has 0 unspecified atom stereocenters. The average molecular weight is 305 g/mol. The standard InChI is InChI=1S/C14H19N5OS/c1-3-18(4-2)13(20)11-21-14-15-16-17-19(14)10-12-8-6-5-7-9-12/h5-9H,3-4,10-11H2,1-2H3. The van der Waals surface area contributed by atoms with Crippen LogP contribution in [0.25, 0.3) is 0 Å². The van der Waals surface area contributed by atoms with Crippen molar-refractivity contribution in [2.45, 2.75) is 25.5 Å². The number of hydrogen-bond donors (Lipinski definition) is 0. The second-order valence-electron chi connectivity index (χ2n) is 4.46. The Morgan fingerprint density at radius 1 is 1.24 bits per heavy atom. The van der Waals surface area contributed by atoms with Crippen LogP contribution in [0.3, 0.4) is 0 Å². The van der Waals surface area contributed by atoms with E-state index in [1.54, 1.807) is 9.58 Å². The third-order valence-corrected chi connectivity index (χ3v) is 4.06. The first-order valence-electron chi connectivity index (χ1n) is 6.95. The first kappa shape index (κ1) is 15.5. The summed E-state index contributed by atoms with van der Waals surface area (Å²) >= 11 is 1.38. The molecule has 0 saturated carbocycles. The van der Waals surface area contributed by atoms with Crippen molar-refractivity contribution in [3.05, 3.63) is 35.9 Å². The van der Waals surface area contributed by atoms with Gasteiger partial charge in [0.25, 0.3) is 0 Å². The van der Waals surface area contributed by atoms with Crippen LogP contribution in [0, 0.1) is 0 Å². The number of carbonyl (C=O) groups is 1. The predicted molar refractivity (Wildman–Crippen MR) is 82.0 cm³/mol. The summed E-state index contributed by atoms with van der Waals surface area (Å²) in [6, 6.07) is 9.99. The lowest BCUT2D eigenvalue weighted by Gasteiger charge is -2.17. The van der Waals surface area contributed by atoms with Crippen LogP contribution >= 0.6 is 11.8 Å². The molecule has 112 valence electrons. The number of nitrogens with zero attached hydrogens (tertiary/aromatic N) is 5. The van der Waals surface area contributed by atoms with E-state index in [9.17, 15) is 4.79 Å². The van der Waals surface area contributed by atoms with E-state index in [0.717, 1.165) is 18.7 Å². The number of aromatic nitrogens is 4. The molecule has 0 N–H and O–H groups in total. The molecule has 7 heteroatoms. The monoisotopic (exact) mass is 305 g/mol. The Bertz CT molecular complexity index is 568. The summed E-state index contributed by atoms with van der Waals surface area (Å²) in [6.45, 7) is 6.02. The van der Waals surface area contributed by atoms with E-state index < -0.39 is 0 Å². The topological polar surface area (TPSA) is 63.9 Å². The molecular weight excluding hydrogens is 286 g/mol. The summed E-state index contributed by atoms with van der Waals surface area (Å²) < 4.78 is 1.72.